The predicted molar refractivity (Wildman–Crippen MR) is 40.8 cm³/mol. The van der Waals surface area contributed by atoms with Gasteiger partial charge < -0.3 is 4.74 Å². The number of ether oxygens (including phenoxy) is 1. The Balaban J connectivity index is 3.25. The van der Waals surface area contributed by atoms with E-state index in [4.69, 9.17) is 11.6 Å². The zero-order valence-corrected chi connectivity index (χ0v) is 7.91. The van der Waals surface area contributed by atoms with Gasteiger partial charge in [0, 0.05) is 6.07 Å². The van der Waals surface area contributed by atoms with E-state index in [2.05, 4.69) is 9.72 Å². The molecule has 0 aliphatic heterocycles. The van der Waals surface area contributed by atoms with Crippen molar-refractivity contribution in [3.63, 3.8) is 0 Å². The monoisotopic (exact) mass is 265 g/mol. The molecule has 1 aromatic heterocycles. The molecule has 2 nitrogen and oxygen atoms in total. The molecule has 0 atom stereocenters. The van der Waals surface area contributed by atoms with E-state index >= 15 is 0 Å². The Morgan fingerprint density at radius 1 is 1.31 bits per heavy atom. The molecule has 0 unspecified atom stereocenters. The van der Waals surface area contributed by atoms with E-state index in [-0.39, 0.29) is 0 Å². The lowest BCUT2D eigenvalue weighted by Crippen LogP contribution is -2.19. The standard InChI is InChI=1S/C7H2ClF6NO/c8-2-1-3(9)15-4(6(10)11)5(2)16-7(12,13)14/h1,6H. The highest BCUT2D eigenvalue weighted by molar-refractivity contribution is 6.32. The van der Waals surface area contributed by atoms with Gasteiger partial charge in [0.2, 0.25) is 5.95 Å². The molecule has 0 radical (unpaired) electrons. The Hall–Kier alpha value is -1.18. The third-order valence-electron chi connectivity index (χ3n) is 1.35. The first-order valence-electron chi connectivity index (χ1n) is 3.60. The van der Waals surface area contributed by atoms with Crippen LogP contribution in [-0.2, 0) is 0 Å². The maximum Gasteiger partial charge on any atom is 0.573 e. The van der Waals surface area contributed by atoms with Crippen molar-refractivity contribution < 1.29 is 31.1 Å². The van der Waals surface area contributed by atoms with E-state index in [0.717, 1.165) is 0 Å². The van der Waals surface area contributed by atoms with Crippen molar-refractivity contribution in [1.82, 2.24) is 4.98 Å². The third-order valence-corrected chi connectivity index (χ3v) is 1.63. The lowest BCUT2D eigenvalue weighted by atomic mass is 10.3. The Morgan fingerprint density at radius 3 is 2.31 bits per heavy atom. The first kappa shape index (κ1) is 12.9. The van der Waals surface area contributed by atoms with Crippen LogP contribution in [-0.4, -0.2) is 11.3 Å². The largest absolute Gasteiger partial charge is 0.573 e. The minimum Gasteiger partial charge on any atom is -0.402 e. The fraction of sp³-hybridized carbons (Fsp3) is 0.286. The first-order chi connectivity index (χ1) is 7.20. The number of pyridine rings is 1. The molecule has 0 aliphatic carbocycles. The highest BCUT2D eigenvalue weighted by Gasteiger charge is 2.35. The van der Waals surface area contributed by atoms with Gasteiger partial charge in [-0.3, -0.25) is 0 Å². The van der Waals surface area contributed by atoms with Crippen LogP contribution in [0.3, 0.4) is 0 Å². The Morgan fingerprint density at radius 2 is 1.88 bits per heavy atom. The van der Waals surface area contributed by atoms with Gasteiger partial charge in [0.1, 0.15) is 0 Å². The van der Waals surface area contributed by atoms with Gasteiger partial charge in [-0.15, -0.1) is 13.2 Å². The summed E-state index contributed by atoms with van der Waals surface area (Å²) in [4.78, 5) is 2.59. The van der Waals surface area contributed by atoms with Crippen molar-refractivity contribution in [1.29, 1.82) is 0 Å². The fourth-order valence-corrected chi connectivity index (χ4v) is 1.08. The average Bonchev–Trinajstić information content (AvgIpc) is 2.07. The van der Waals surface area contributed by atoms with Crippen LogP contribution in [0.2, 0.25) is 5.02 Å². The van der Waals surface area contributed by atoms with E-state index in [1.54, 1.807) is 0 Å². The van der Waals surface area contributed by atoms with Crippen molar-refractivity contribution in [2.45, 2.75) is 12.8 Å². The summed E-state index contributed by atoms with van der Waals surface area (Å²) in [6, 6.07) is 0.342. The van der Waals surface area contributed by atoms with Crippen molar-refractivity contribution >= 4 is 11.6 Å². The molecule has 90 valence electrons. The van der Waals surface area contributed by atoms with Crippen molar-refractivity contribution in [2.75, 3.05) is 0 Å². The molecule has 16 heavy (non-hydrogen) atoms. The highest BCUT2D eigenvalue weighted by atomic mass is 35.5. The number of aromatic nitrogens is 1. The summed E-state index contributed by atoms with van der Waals surface area (Å²) in [6.45, 7) is 0. The van der Waals surface area contributed by atoms with Gasteiger partial charge in [-0.1, -0.05) is 11.6 Å². The van der Waals surface area contributed by atoms with Gasteiger partial charge >= 0.3 is 6.36 Å². The van der Waals surface area contributed by atoms with Gasteiger partial charge in [-0.2, -0.15) is 4.39 Å². The summed E-state index contributed by atoms with van der Waals surface area (Å²) in [5, 5.41) is -0.930. The van der Waals surface area contributed by atoms with E-state index in [1.165, 1.54) is 0 Å². The van der Waals surface area contributed by atoms with Gasteiger partial charge in [0.25, 0.3) is 6.43 Å². The van der Waals surface area contributed by atoms with Crippen LogP contribution in [0.1, 0.15) is 12.1 Å². The molecule has 0 saturated heterocycles. The molecule has 0 N–H and O–H groups in total. The molecular weight excluding hydrogens is 264 g/mol. The summed E-state index contributed by atoms with van der Waals surface area (Å²) in [7, 11) is 0. The number of rotatable bonds is 2. The maximum atomic E-state index is 12.5. The molecule has 9 heteroatoms. The van der Waals surface area contributed by atoms with Gasteiger partial charge in [0.15, 0.2) is 11.4 Å². The van der Waals surface area contributed by atoms with Crippen molar-refractivity contribution in [3.8, 4) is 5.75 Å². The molecular formula is C7H2ClF6NO. The summed E-state index contributed by atoms with van der Waals surface area (Å²) < 4.78 is 75.7. The number of hydrogen-bond donors (Lipinski definition) is 0. The SMILES string of the molecule is Fc1cc(Cl)c(OC(F)(F)F)c(C(F)F)n1. The third kappa shape index (κ3) is 3.16. The van der Waals surface area contributed by atoms with Crippen LogP contribution in [0.15, 0.2) is 6.07 Å². The number of nitrogens with zero attached hydrogens (tertiary/aromatic N) is 1. The highest BCUT2D eigenvalue weighted by Crippen LogP contribution is 2.37. The molecule has 0 aromatic carbocycles. The van der Waals surface area contributed by atoms with Crippen LogP contribution in [0.4, 0.5) is 26.3 Å². The summed E-state index contributed by atoms with van der Waals surface area (Å²) >= 11 is 5.15. The molecule has 0 aliphatic rings. The second kappa shape index (κ2) is 4.36. The molecule has 0 saturated carbocycles. The second-order valence-corrected chi connectivity index (χ2v) is 2.90. The molecule has 1 rings (SSSR count). The van der Waals surface area contributed by atoms with Gasteiger partial charge in [-0.05, 0) is 0 Å². The van der Waals surface area contributed by atoms with Gasteiger partial charge in [-0.25, -0.2) is 13.8 Å². The second-order valence-electron chi connectivity index (χ2n) is 2.49. The van der Waals surface area contributed by atoms with Gasteiger partial charge in [0.05, 0.1) is 5.02 Å². The minimum atomic E-state index is -5.22. The molecule has 1 aromatic rings. The zero-order chi connectivity index (χ0) is 12.5. The lowest BCUT2D eigenvalue weighted by molar-refractivity contribution is -0.275. The lowest BCUT2D eigenvalue weighted by Gasteiger charge is -2.13. The fourth-order valence-electron chi connectivity index (χ4n) is 0.855. The molecule has 0 fully saturated rings. The number of halogens is 7. The molecule has 0 bridgehead atoms. The van der Waals surface area contributed by atoms with E-state index < -0.39 is 35.2 Å². The smallest absolute Gasteiger partial charge is 0.402 e. The quantitative estimate of drug-likeness (QED) is 0.601. The minimum absolute atomic E-state index is 0.342. The van der Waals surface area contributed by atoms with E-state index in [9.17, 15) is 26.3 Å². The predicted octanol–water partition coefficient (Wildman–Crippen LogP) is 3.71. The Labute approximate surface area is 89.8 Å². The molecule has 0 spiro atoms. The normalized spacial score (nSPS) is 12.0. The van der Waals surface area contributed by atoms with Crippen molar-refractivity contribution in [3.05, 3.63) is 22.7 Å². The van der Waals surface area contributed by atoms with Crippen LogP contribution >= 0.6 is 11.6 Å². The number of alkyl halides is 5. The summed E-state index contributed by atoms with van der Waals surface area (Å²) in [5.41, 5.74) is -1.50. The van der Waals surface area contributed by atoms with E-state index in [1.807, 2.05) is 0 Å². The van der Waals surface area contributed by atoms with Crippen molar-refractivity contribution in [2.24, 2.45) is 0 Å². The number of hydrogen-bond acceptors (Lipinski definition) is 2. The first-order valence-corrected chi connectivity index (χ1v) is 3.98. The average molecular weight is 266 g/mol. The zero-order valence-electron chi connectivity index (χ0n) is 7.16. The topological polar surface area (TPSA) is 22.1 Å². The molecule has 1 heterocycles. The van der Waals surface area contributed by atoms with Crippen LogP contribution < -0.4 is 4.74 Å². The van der Waals surface area contributed by atoms with E-state index in [0.29, 0.717) is 6.07 Å². The molecule has 0 amide bonds. The Kier molecular flexibility index (Phi) is 3.51. The maximum absolute atomic E-state index is 12.5. The van der Waals surface area contributed by atoms with Crippen LogP contribution in [0, 0.1) is 5.95 Å². The van der Waals surface area contributed by atoms with Crippen LogP contribution in [0.25, 0.3) is 0 Å². The Bertz CT molecular complexity index is 393. The van der Waals surface area contributed by atoms with Crippen LogP contribution in [0.5, 0.6) is 5.75 Å². The summed E-state index contributed by atoms with van der Waals surface area (Å²) in [6.07, 6.45) is -8.65. The summed E-state index contributed by atoms with van der Waals surface area (Å²) in [5.74, 6) is -2.82.